The first-order valence-electron chi connectivity index (χ1n) is 14.9. The van der Waals surface area contributed by atoms with Crippen molar-refractivity contribution in [2.75, 3.05) is 4.90 Å². The Labute approximate surface area is 251 Å². The summed E-state index contributed by atoms with van der Waals surface area (Å²) in [6, 6.07) is 43.0. The minimum atomic E-state index is -0.500. The van der Waals surface area contributed by atoms with Gasteiger partial charge in [0.05, 0.1) is 11.2 Å². The largest absolute Gasteiger partial charge is 0.498 e. The minimum absolute atomic E-state index is 0.431. The van der Waals surface area contributed by atoms with Crippen LogP contribution in [-0.2, 0) is 9.31 Å². The standard InChI is InChI=1S/C38H32BNO3/c1-37(2)38(3,4)43-39(42-37)34-15-9-14-32-33-24-31(20-21-35(33)41-36(32)34)40(29-18-16-25-10-5-7-12-27(25)22-29)30-19-17-26-11-6-8-13-28(26)23-30/h5-24H,1-4H3. The van der Waals surface area contributed by atoms with Gasteiger partial charge in [-0.3, -0.25) is 0 Å². The fourth-order valence-corrected chi connectivity index (χ4v) is 6.18. The quantitative estimate of drug-likeness (QED) is 0.201. The summed E-state index contributed by atoms with van der Waals surface area (Å²) in [5, 5.41) is 6.94. The number of nitrogens with zero attached hydrogens (tertiary/aromatic N) is 1. The fourth-order valence-electron chi connectivity index (χ4n) is 6.18. The van der Waals surface area contributed by atoms with Crippen molar-refractivity contribution in [1.29, 1.82) is 0 Å². The summed E-state index contributed by atoms with van der Waals surface area (Å²) in [5.74, 6) is 0. The second-order valence-corrected chi connectivity index (χ2v) is 12.5. The molecule has 0 saturated carbocycles. The molecule has 7 aromatic rings. The van der Waals surface area contributed by atoms with Crippen molar-refractivity contribution in [3.8, 4) is 0 Å². The number of benzene rings is 6. The van der Waals surface area contributed by atoms with Crippen molar-refractivity contribution in [3.63, 3.8) is 0 Å². The van der Waals surface area contributed by atoms with E-state index in [1.165, 1.54) is 21.5 Å². The van der Waals surface area contributed by atoms with Gasteiger partial charge in [-0.05, 0) is 91.7 Å². The van der Waals surface area contributed by atoms with Crippen LogP contribution in [0, 0.1) is 0 Å². The Morgan fingerprint density at radius 1 is 0.512 bits per heavy atom. The molecule has 0 spiro atoms. The highest BCUT2D eigenvalue weighted by Crippen LogP contribution is 2.41. The predicted octanol–water partition coefficient (Wildman–Crippen LogP) is 9.66. The molecule has 43 heavy (non-hydrogen) atoms. The van der Waals surface area contributed by atoms with Crippen molar-refractivity contribution in [1.82, 2.24) is 0 Å². The van der Waals surface area contributed by atoms with E-state index in [0.29, 0.717) is 0 Å². The third-order valence-electron chi connectivity index (χ3n) is 9.26. The van der Waals surface area contributed by atoms with E-state index in [0.717, 1.165) is 44.5 Å². The maximum Gasteiger partial charge on any atom is 0.498 e. The molecule has 0 bridgehead atoms. The molecule has 0 N–H and O–H groups in total. The molecule has 0 radical (unpaired) electrons. The maximum atomic E-state index is 6.52. The van der Waals surface area contributed by atoms with Crippen LogP contribution in [0.1, 0.15) is 27.7 Å². The number of rotatable bonds is 4. The molecule has 4 nitrogen and oxygen atoms in total. The molecule has 5 heteroatoms. The average molecular weight is 561 g/mol. The summed E-state index contributed by atoms with van der Waals surface area (Å²) in [7, 11) is -0.500. The second-order valence-electron chi connectivity index (χ2n) is 12.5. The first kappa shape index (κ1) is 26.1. The zero-order chi connectivity index (χ0) is 29.3. The van der Waals surface area contributed by atoms with Crippen LogP contribution < -0.4 is 10.4 Å². The van der Waals surface area contributed by atoms with E-state index in [4.69, 9.17) is 13.7 Å². The lowest BCUT2D eigenvalue weighted by Crippen LogP contribution is -2.41. The topological polar surface area (TPSA) is 34.8 Å². The Hall–Kier alpha value is -4.58. The lowest BCUT2D eigenvalue weighted by atomic mass is 9.78. The summed E-state index contributed by atoms with van der Waals surface area (Å²) >= 11 is 0. The van der Waals surface area contributed by atoms with Crippen molar-refractivity contribution in [3.05, 3.63) is 121 Å². The predicted molar refractivity (Wildman–Crippen MR) is 179 cm³/mol. The van der Waals surface area contributed by atoms with Crippen LogP contribution >= 0.6 is 0 Å². The van der Waals surface area contributed by atoms with E-state index in [1.807, 2.05) is 6.07 Å². The highest BCUT2D eigenvalue weighted by Gasteiger charge is 2.52. The molecule has 1 aliphatic heterocycles. The van der Waals surface area contributed by atoms with Crippen LogP contribution in [0.5, 0.6) is 0 Å². The Balaban J connectivity index is 1.30. The van der Waals surface area contributed by atoms with Crippen molar-refractivity contribution >= 4 is 73.1 Å². The minimum Gasteiger partial charge on any atom is -0.456 e. The monoisotopic (exact) mass is 561 g/mol. The number of furan rings is 1. The van der Waals surface area contributed by atoms with Crippen molar-refractivity contribution < 1.29 is 13.7 Å². The van der Waals surface area contributed by atoms with Crippen LogP contribution in [-0.4, -0.2) is 18.3 Å². The van der Waals surface area contributed by atoms with Gasteiger partial charge < -0.3 is 18.6 Å². The lowest BCUT2D eigenvalue weighted by molar-refractivity contribution is 0.00578. The van der Waals surface area contributed by atoms with Crippen molar-refractivity contribution in [2.24, 2.45) is 0 Å². The third kappa shape index (κ3) is 4.23. The Bertz CT molecular complexity index is 2080. The zero-order valence-corrected chi connectivity index (χ0v) is 24.8. The van der Waals surface area contributed by atoms with Gasteiger partial charge in [-0.2, -0.15) is 0 Å². The van der Waals surface area contributed by atoms with Crippen LogP contribution in [0.3, 0.4) is 0 Å². The Kier molecular flexibility index (Phi) is 5.74. The number of para-hydroxylation sites is 1. The summed E-state index contributed by atoms with van der Waals surface area (Å²) in [4.78, 5) is 2.33. The number of hydrogen-bond acceptors (Lipinski definition) is 4. The van der Waals surface area contributed by atoms with Crippen LogP contribution in [0.2, 0.25) is 0 Å². The van der Waals surface area contributed by atoms with Gasteiger partial charge in [-0.1, -0.05) is 78.9 Å². The molecule has 0 atom stereocenters. The molecular formula is C38H32BNO3. The van der Waals surface area contributed by atoms with Gasteiger partial charge in [0, 0.05) is 33.3 Å². The number of fused-ring (bicyclic) bond motifs is 5. The molecule has 0 amide bonds. The molecule has 8 rings (SSSR count). The van der Waals surface area contributed by atoms with E-state index < -0.39 is 18.3 Å². The molecule has 1 aliphatic rings. The summed E-state index contributed by atoms with van der Waals surface area (Å²) in [5.41, 5.74) is 4.93. The van der Waals surface area contributed by atoms with Gasteiger partial charge in [0.2, 0.25) is 0 Å². The molecule has 210 valence electrons. The van der Waals surface area contributed by atoms with Gasteiger partial charge in [0.1, 0.15) is 11.2 Å². The van der Waals surface area contributed by atoms with Gasteiger partial charge in [0.25, 0.3) is 0 Å². The molecule has 1 fully saturated rings. The van der Waals surface area contributed by atoms with Crippen molar-refractivity contribution in [2.45, 2.75) is 38.9 Å². The summed E-state index contributed by atoms with van der Waals surface area (Å²) in [6.07, 6.45) is 0. The van der Waals surface area contributed by atoms with Crippen LogP contribution in [0.15, 0.2) is 126 Å². The SMILES string of the molecule is CC1(C)OB(c2cccc3c2oc2ccc(N(c4ccc5ccccc5c4)c4ccc5ccccc5c4)cc23)OC1(C)C. The third-order valence-corrected chi connectivity index (χ3v) is 9.26. The first-order chi connectivity index (χ1) is 20.8. The van der Waals surface area contributed by atoms with E-state index in [1.54, 1.807) is 0 Å². The van der Waals surface area contributed by atoms with Gasteiger partial charge in [-0.15, -0.1) is 0 Å². The molecule has 2 heterocycles. The normalized spacial score (nSPS) is 16.0. The summed E-state index contributed by atoms with van der Waals surface area (Å²) in [6.45, 7) is 8.30. The van der Waals surface area contributed by atoms with E-state index in [-0.39, 0.29) is 0 Å². The molecule has 1 saturated heterocycles. The number of anilines is 3. The van der Waals surface area contributed by atoms with Crippen LogP contribution in [0.4, 0.5) is 17.1 Å². The number of hydrogen-bond donors (Lipinski definition) is 0. The molecule has 6 aromatic carbocycles. The van der Waals surface area contributed by atoms with E-state index in [2.05, 4.69) is 148 Å². The first-order valence-corrected chi connectivity index (χ1v) is 14.9. The lowest BCUT2D eigenvalue weighted by Gasteiger charge is -2.32. The highest BCUT2D eigenvalue weighted by molar-refractivity contribution is 6.65. The van der Waals surface area contributed by atoms with Gasteiger partial charge in [-0.25, -0.2) is 0 Å². The smallest absolute Gasteiger partial charge is 0.456 e. The zero-order valence-electron chi connectivity index (χ0n) is 24.8. The van der Waals surface area contributed by atoms with Gasteiger partial charge in [0.15, 0.2) is 0 Å². The Morgan fingerprint density at radius 3 is 1.65 bits per heavy atom. The summed E-state index contributed by atoms with van der Waals surface area (Å²) < 4.78 is 19.3. The van der Waals surface area contributed by atoms with Gasteiger partial charge >= 0.3 is 7.12 Å². The molecular weight excluding hydrogens is 529 g/mol. The second kappa shape index (κ2) is 9.47. The van der Waals surface area contributed by atoms with E-state index in [9.17, 15) is 0 Å². The van der Waals surface area contributed by atoms with E-state index >= 15 is 0 Å². The molecule has 1 aromatic heterocycles. The Morgan fingerprint density at radius 2 is 1.05 bits per heavy atom. The highest BCUT2D eigenvalue weighted by atomic mass is 16.7. The maximum absolute atomic E-state index is 6.52. The fraction of sp³-hybridized carbons (Fsp3) is 0.158. The molecule has 0 unspecified atom stereocenters. The molecule has 0 aliphatic carbocycles. The average Bonchev–Trinajstić information content (AvgIpc) is 3.49. The van der Waals surface area contributed by atoms with Crippen LogP contribution in [0.25, 0.3) is 43.5 Å².